The highest BCUT2D eigenvalue weighted by molar-refractivity contribution is 6.30. The molecule has 0 radical (unpaired) electrons. The van der Waals surface area contributed by atoms with Crippen molar-refractivity contribution in [2.75, 3.05) is 0 Å². The Morgan fingerprint density at radius 2 is 1.79 bits per heavy atom. The Kier molecular flexibility index (Phi) is 2.70. The SMILES string of the molecule is Clc1ccc(/C=C\c2ccc[nH]2)cc1. The Bertz CT molecular complexity index is 412. The largest absolute Gasteiger partial charge is 0.362 e. The van der Waals surface area contributed by atoms with Crippen molar-refractivity contribution in [3.05, 3.63) is 58.9 Å². The normalized spacial score (nSPS) is 10.9. The first-order valence-electron chi connectivity index (χ1n) is 4.42. The summed E-state index contributed by atoms with van der Waals surface area (Å²) in [6.45, 7) is 0. The summed E-state index contributed by atoms with van der Waals surface area (Å²) in [5.41, 5.74) is 2.24. The lowest BCUT2D eigenvalue weighted by atomic mass is 10.2. The number of benzene rings is 1. The van der Waals surface area contributed by atoms with Crippen LogP contribution in [0.4, 0.5) is 0 Å². The summed E-state index contributed by atoms with van der Waals surface area (Å²) in [6.07, 6.45) is 5.98. The van der Waals surface area contributed by atoms with Crippen LogP contribution in [0.1, 0.15) is 11.3 Å². The van der Waals surface area contributed by atoms with Crippen LogP contribution < -0.4 is 0 Å². The van der Waals surface area contributed by atoms with Crippen LogP contribution in [-0.2, 0) is 0 Å². The highest BCUT2D eigenvalue weighted by Gasteiger charge is 1.88. The van der Waals surface area contributed by atoms with E-state index in [0.717, 1.165) is 16.3 Å². The van der Waals surface area contributed by atoms with E-state index in [-0.39, 0.29) is 0 Å². The molecule has 2 aromatic rings. The van der Waals surface area contributed by atoms with Crippen LogP contribution in [0.2, 0.25) is 5.02 Å². The fourth-order valence-electron chi connectivity index (χ4n) is 1.21. The summed E-state index contributed by atoms with van der Waals surface area (Å²) in [5.74, 6) is 0. The fourth-order valence-corrected chi connectivity index (χ4v) is 1.33. The van der Waals surface area contributed by atoms with Crippen molar-refractivity contribution < 1.29 is 0 Å². The summed E-state index contributed by atoms with van der Waals surface area (Å²) < 4.78 is 0. The topological polar surface area (TPSA) is 15.8 Å². The number of H-pyrrole nitrogens is 1. The smallest absolute Gasteiger partial charge is 0.0406 e. The summed E-state index contributed by atoms with van der Waals surface area (Å²) in [4.78, 5) is 3.11. The zero-order valence-electron chi connectivity index (χ0n) is 7.57. The molecule has 2 rings (SSSR count). The Morgan fingerprint density at radius 1 is 1.00 bits per heavy atom. The van der Waals surface area contributed by atoms with Gasteiger partial charge in [0.25, 0.3) is 0 Å². The van der Waals surface area contributed by atoms with Gasteiger partial charge in [-0.05, 0) is 35.9 Å². The van der Waals surface area contributed by atoms with Gasteiger partial charge in [0, 0.05) is 16.9 Å². The number of rotatable bonds is 2. The van der Waals surface area contributed by atoms with E-state index in [4.69, 9.17) is 11.6 Å². The molecule has 0 atom stereocenters. The predicted molar refractivity (Wildman–Crippen MR) is 61.2 cm³/mol. The molecule has 2 heteroatoms. The van der Waals surface area contributed by atoms with Crippen molar-refractivity contribution >= 4 is 23.8 Å². The third-order valence-electron chi connectivity index (χ3n) is 1.95. The average molecular weight is 204 g/mol. The molecule has 0 saturated heterocycles. The quantitative estimate of drug-likeness (QED) is 0.764. The maximum Gasteiger partial charge on any atom is 0.0406 e. The molecule has 0 aliphatic rings. The second-order valence-electron chi connectivity index (χ2n) is 3.01. The van der Waals surface area contributed by atoms with Gasteiger partial charge in [-0.3, -0.25) is 0 Å². The molecule has 0 fully saturated rings. The Morgan fingerprint density at radius 3 is 2.43 bits per heavy atom. The highest BCUT2D eigenvalue weighted by Crippen LogP contribution is 2.11. The summed E-state index contributed by atoms with van der Waals surface area (Å²) in [7, 11) is 0. The van der Waals surface area contributed by atoms with E-state index in [1.54, 1.807) is 0 Å². The number of hydrogen-bond donors (Lipinski definition) is 1. The summed E-state index contributed by atoms with van der Waals surface area (Å²) in [6, 6.07) is 11.7. The number of halogens is 1. The minimum atomic E-state index is 0.766. The second-order valence-corrected chi connectivity index (χ2v) is 3.45. The molecule has 0 aliphatic carbocycles. The monoisotopic (exact) mass is 203 g/mol. The second kappa shape index (κ2) is 4.16. The first-order chi connectivity index (χ1) is 6.84. The van der Waals surface area contributed by atoms with Crippen LogP contribution in [0.3, 0.4) is 0 Å². The van der Waals surface area contributed by atoms with Crippen molar-refractivity contribution in [2.45, 2.75) is 0 Å². The van der Waals surface area contributed by atoms with Gasteiger partial charge in [-0.2, -0.15) is 0 Å². The van der Waals surface area contributed by atoms with E-state index in [0.29, 0.717) is 0 Å². The molecule has 1 heterocycles. The summed E-state index contributed by atoms with van der Waals surface area (Å²) >= 11 is 5.78. The molecule has 0 unspecified atom stereocenters. The van der Waals surface area contributed by atoms with Gasteiger partial charge in [-0.25, -0.2) is 0 Å². The molecule has 0 saturated carbocycles. The van der Waals surface area contributed by atoms with Crippen molar-refractivity contribution in [1.29, 1.82) is 0 Å². The van der Waals surface area contributed by atoms with Crippen LogP contribution in [0.15, 0.2) is 42.6 Å². The predicted octanol–water partition coefficient (Wildman–Crippen LogP) is 3.84. The van der Waals surface area contributed by atoms with Gasteiger partial charge in [0.05, 0.1) is 0 Å². The van der Waals surface area contributed by atoms with Gasteiger partial charge in [0.2, 0.25) is 0 Å². The lowest BCUT2D eigenvalue weighted by Crippen LogP contribution is -1.71. The molecule has 1 nitrogen and oxygen atoms in total. The molecule has 0 amide bonds. The van der Waals surface area contributed by atoms with E-state index in [9.17, 15) is 0 Å². The van der Waals surface area contributed by atoms with Crippen molar-refractivity contribution in [3.63, 3.8) is 0 Å². The van der Waals surface area contributed by atoms with E-state index < -0.39 is 0 Å². The lowest BCUT2D eigenvalue weighted by Gasteiger charge is -1.92. The molecular weight excluding hydrogens is 194 g/mol. The molecule has 0 aliphatic heterocycles. The molecule has 1 aromatic heterocycles. The van der Waals surface area contributed by atoms with Gasteiger partial charge in [-0.15, -0.1) is 0 Å². The lowest BCUT2D eigenvalue weighted by molar-refractivity contribution is 1.38. The first-order valence-corrected chi connectivity index (χ1v) is 4.79. The average Bonchev–Trinajstić information content (AvgIpc) is 2.70. The molecule has 0 spiro atoms. The number of hydrogen-bond acceptors (Lipinski definition) is 0. The van der Waals surface area contributed by atoms with Gasteiger partial charge in [0.1, 0.15) is 0 Å². The third-order valence-corrected chi connectivity index (χ3v) is 2.20. The Labute approximate surface area is 88.0 Å². The van der Waals surface area contributed by atoms with E-state index in [1.165, 1.54) is 0 Å². The third kappa shape index (κ3) is 2.27. The maximum absolute atomic E-state index is 5.78. The van der Waals surface area contributed by atoms with Crippen LogP contribution in [0, 0.1) is 0 Å². The van der Waals surface area contributed by atoms with Gasteiger partial charge in [0.15, 0.2) is 0 Å². The number of nitrogens with one attached hydrogen (secondary N) is 1. The number of aromatic amines is 1. The zero-order valence-corrected chi connectivity index (χ0v) is 8.33. The van der Waals surface area contributed by atoms with Crippen LogP contribution in [-0.4, -0.2) is 4.98 Å². The standard InChI is InChI=1S/C12H10ClN/c13-11-6-3-10(4-7-11)5-8-12-2-1-9-14-12/h1-9,14H/b8-5-. The molecule has 70 valence electrons. The zero-order chi connectivity index (χ0) is 9.80. The molecule has 1 aromatic carbocycles. The molecule has 1 N–H and O–H groups in total. The van der Waals surface area contributed by atoms with Gasteiger partial charge >= 0.3 is 0 Å². The van der Waals surface area contributed by atoms with Crippen molar-refractivity contribution in [2.24, 2.45) is 0 Å². The minimum Gasteiger partial charge on any atom is -0.362 e. The van der Waals surface area contributed by atoms with Gasteiger partial charge < -0.3 is 4.98 Å². The van der Waals surface area contributed by atoms with E-state index >= 15 is 0 Å². The molecule has 0 bridgehead atoms. The number of aromatic nitrogens is 1. The highest BCUT2D eigenvalue weighted by atomic mass is 35.5. The maximum atomic E-state index is 5.78. The van der Waals surface area contributed by atoms with Crippen LogP contribution in [0.5, 0.6) is 0 Å². The van der Waals surface area contributed by atoms with E-state index in [1.807, 2.05) is 54.7 Å². The fraction of sp³-hybridized carbons (Fsp3) is 0. The van der Waals surface area contributed by atoms with Gasteiger partial charge in [-0.1, -0.05) is 29.8 Å². The first kappa shape index (κ1) is 9.10. The summed E-state index contributed by atoms with van der Waals surface area (Å²) in [5, 5.41) is 0.766. The van der Waals surface area contributed by atoms with Crippen LogP contribution >= 0.6 is 11.6 Å². The van der Waals surface area contributed by atoms with Crippen molar-refractivity contribution in [3.8, 4) is 0 Å². The molecule has 14 heavy (non-hydrogen) atoms. The minimum absolute atomic E-state index is 0.766. The molecular formula is C12H10ClN. The Hall–Kier alpha value is -1.47. The van der Waals surface area contributed by atoms with Crippen molar-refractivity contribution in [1.82, 2.24) is 4.98 Å². The Balaban J connectivity index is 2.15. The van der Waals surface area contributed by atoms with Crippen LogP contribution in [0.25, 0.3) is 12.2 Å². The van der Waals surface area contributed by atoms with E-state index in [2.05, 4.69) is 4.98 Å².